The van der Waals surface area contributed by atoms with E-state index in [-0.39, 0.29) is 11.8 Å². The minimum Gasteiger partial charge on any atom is -0.369 e. The molecule has 102 valence electrons. The summed E-state index contributed by atoms with van der Waals surface area (Å²) in [6, 6.07) is 8.18. The number of nitrogens with zero attached hydrogens (tertiary/aromatic N) is 2. The van der Waals surface area contributed by atoms with Gasteiger partial charge in [-0.3, -0.25) is 4.57 Å². The van der Waals surface area contributed by atoms with E-state index >= 15 is 0 Å². The third kappa shape index (κ3) is 2.01. The average molecular weight is 310 g/mol. The van der Waals surface area contributed by atoms with E-state index in [1.165, 1.54) is 6.07 Å². The summed E-state index contributed by atoms with van der Waals surface area (Å²) in [7, 11) is 0. The summed E-state index contributed by atoms with van der Waals surface area (Å²) in [6.07, 6.45) is 0. The maximum absolute atomic E-state index is 13.7. The van der Waals surface area contributed by atoms with Crippen molar-refractivity contribution in [3.05, 3.63) is 51.8 Å². The highest BCUT2D eigenvalue weighted by Crippen LogP contribution is 2.31. The van der Waals surface area contributed by atoms with Crippen molar-refractivity contribution in [2.24, 2.45) is 0 Å². The van der Waals surface area contributed by atoms with E-state index in [1.807, 2.05) is 0 Å². The van der Waals surface area contributed by atoms with Crippen LogP contribution in [0.4, 0.5) is 10.3 Å². The standard InChI is InChI=1S/C14H10Cl2FN3/c1-7-2-3-8(4-11(7)17)20-13-6-10(16)9(15)5-12(13)19-14(20)18/h2-6H,1H3,(H2,18,19). The second-order valence-electron chi connectivity index (χ2n) is 4.49. The van der Waals surface area contributed by atoms with Crippen molar-refractivity contribution in [1.82, 2.24) is 9.55 Å². The summed E-state index contributed by atoms with van der Waals surface area (Å²) in [5, 5.41) is 0.798. The van der Waals surface area contributed by atoms with Crippen molar-refractivity contribution >= 4 is 40.2 Å². The largest absolute Gasteiger partial charge is 0.369 e. The molecule has 0 amide bonds. The number of hydrogen-bond acceptors (Lipinski definition) is 2. The lowest BCUT2D eigenvalue weighted by Crippen LogP contribution is -2.01. The monoisotopic (exact) mass is 309 g/mol. The molecule has 3 nitrogen and oxygen atoms in total. The second kappa shape index (κ2) is 4.65. The fourth-order valence-corrected chi connectivity index (χ4v) is 2.40. The lowest BCUT2D eigenvalue weighted by molar-refractivity contribution is 0.617. The first-order chi connectivity index (χ1) is 9.47. The summed E-state index contributed by atoms with van der Waals surface area (Å²) < 4.78 is 15.4. The van der Waals surface area contributed by atoms with Gasteiger partial charge < -0.3 is 5.73 Å². The molecule has 0 atom stereocenters. The number of benzene rings is 2. The van der Waals surface area contributed by atoms with Gasteiger partial charge in [-0.1, -0.05) is 29.3 Å². The third-order valence-corrected chi connectivity index (χ3v) is 3.86. The van der Waals surface area contributed by atoms with Gasteiger partial charge in [0.2, 0.25) is 5.95 Å². The first-order valence-electron chi connectivity index (χ1n) is 5.87. The lowest BCUT2D eigenvalue weighted by Gasteiger charge is -2.08. The molecular weight excluding hydrogens is 300 g/mol. The van der Waals surface area contributed by atoms with Crippen LogP contribution in [0.2, 0.25) is 10.0 Å². The van der Waals surface area contributed by atoms with Crippen molar-refractivity contribution < 1.29 is 4.39 Å². The van der Waals surface area contributed by atoms with Gasteiger partial charge in [-0.15, -0.1) is 0 Å². The van der Waals surface area contributed by atoms with Crippen molar-refractivity contribution in [3.8, 4) is 5.69 Å². The summed E-state index contributed by atoms with van der Waals surface area (Å²) in [5.41, 5.74) is 8.36. The summed E-state index contributed by atoms with van der Waals surface area (Å²) in [4.78, 5) is 4.22. The van der Waals surface area contributed by atoms with Gasteiger partial charge in [-0.2, -0.15) is 0 Å². The zero-order valence-corrected chi connectivity index (χ0v) is 12.0. The number of nitrogen functional groups attached to an aromatic ring is 1. The van der Waals surface area contributed by atoms with E-state index in [1.54, 1.807) is 35.8 Å². The quantitative estimate of drug-likeness (QED) is 0.725. The van der Waals surface area contributed by atoms with Crippen molar-refractivity contribution in [2.75, 3.05) is 5.73 Å². The summed E-state index contributed by atoms with van der Waals surface area (Å²) >= 11 is 12.0. The molecule has 1 aromatic heterocycles. The van der Waals surface area contributed by atoms with E-state index in [2.05, 4.69) is 4.98 Å². The molecule has 2 N–H and O–H groups in total. The Labute approximate surface area is 124 Å². The molecule has 20 heavy (non-hydrogen) atoms. The first-order valence-corrected chi connectivity index (χ1v) is 6.62. The molecular formula is C14H10Cl2FN3. The molecule has 0 aliphatic heterocycles. The zero-order valence-electron chi connectivity index (χ0n) is 10.5. The van der Waals surface area contributed by atoms with Crippen molar-refractivity contribution in [2.45, 2.75) is 6.92 Å². The molecule has 0 aliphatic rings. The Bertz CT molecular complexity index is 827. The Morgan fingerprint density at radius 3 is 2.55 bits per heavy atom. The summed E-state index contributed by atoms with van der Waals surface area (Å²) in [6.45, 7) is 1.70. The zero-order chi connectivity index (χ0) is 14.4. The molecule has 2 aromatic carbocycles. The van der Waals surface area contributed by atoms with Gasteiger partial charge in [0.05, 0.1) is 26.8 Å². The fourth-order valence-electron chi connectivity index (χ4n) is 2.08. The average Bonchev–Trinajstić information content (AvgIpc) is 2.69. The Morgan fingerprint density at radius 1 is 1.15 bits per heavy atom. The van der Waals surface area contributed by atoms with E-state index in [0.29, 0.717) is 32.3 Å². The van der Waals surface area contributed by atoms with Gasteiger partial charge in [0, 0.05) is 0 Å². The van der Waals surface area contributed by atoms with E-state index < -0.39 is 0 Å². The van der Waals surface area contributed by atoms with E-state index in [0.717, 1.165) is 0 Å². The van der Waals surface area contributed by atoms with Gasteiger partial charge in [-0.25, -0.2) is 9.37 Å². The van der Waals surface area contributed by atoms with Gasteiger partial charge in [0.25, 0.3) is 0 Å². The molecule has 0 radical (unpaired) electrons. The Balaban J connectivity index is 2.32. The number of hydrogen-bond donors (Lipinski definition) is 1. The molecule has 3 aromatic rings. The van der Waals surface area contributed by atoms with Crippen LogP contribution >= 0.6 is 23.2 Å². The second-order valence-corrected chi connectivity index (χ2v) is 5.31. The molecule has 3 rings (SSSR count). The normalized spacial score (nSPS) is 11.2. The van der Waals surface area contributed by atoms with Crippen LogP contribution in [0.5, 0.6) is 0 Å². The first kappa shape index (κ1) is 13.2. The fraction of sp³-hybridized carbons (Fsp3) is 0.0714. The van der Waals surface area contributed by atoms with Crippen LogP contribution < -0.4 is 5.73 Å². The van der Waals surface area contributed by atoms with Crippen molar-refractivity contribution in [3.63, 3.8) is 0 Å². The van der Waals surface area contributed by atoms with Crippen LogP contribution in [-0.2, 0) is 0 Å². The Morgan fingerprint density at radius 2 is 1.85 bits per heavy atom. The molecule has 0 fully saturated rings. The van der Waals surface area contributed by atoms with Crippen LogP contribution in [0.25, 0.3) is 16.7 Å². The lowest BCUT2D eigenvalue weighted by atomic mass is 10.2. The van der Waals surface area contributed by atoms with Crippen LogP contribution in [0.15, 0.2) is 30.3 Å². The number of fused-ring (bicyclic) bond motifs is 1. The molecule has 0 spiro atoms. The molecule has 0 aliphatic carbocycles. The van der Waals surface area contributed by atoms with Gasteiger partial charge in [0.15, 0.2) is 0 Å². The molecule has 0 bridgehead atoms. The number of nitrogens with two attached hydrogens (primary N) is 1. The minimum absolute atomic E-state index is 0.251. The predicted molar refractivity (Wildman–Crippen MR) is 80.2 cm³/mol. The molecule has 1 heterocycles. The van der Waals surface area contributed by atoms with Crippen LogP contribution in [-0.4, -0.2) is 9.55 Å². The van der Waals surface area contributed by atoms with E-state index in [9.17, 15) is 4.39 Å². The maximum Gasteiger partial charge on any atom is 0.205 e. The van der Waals surface area contributed by atoms with Gasteiger partial charge in [0.1, 0.15) is 5.82 Å². The van der Waals surface area contributed by atoms with Crippen molar-refractivity contribution in [1.29, 1.82) is 0 Å². The SMILES string of the molecule is Cc1ccc(-n2c(N)nc3cc(Cl)c(Cl)cc32)cc1F. The van der Waals surface area contributed by atoms with Crippen LogP contribution in [0.3, 0.4) is 0 Å². The number of halogens is 3. The Kier molecular flexibility index (Phi) is 3.07. The molecule has 0 saturated carbocycles. The molecule has 6 heteroatoms. The minimum atomic E-state index is -0.302. The number of anilines is 1. The highest BCUT2D eigenvalue weighted by atomic mass is 35.5. The number of aromatic nitrogens is 2. The molecule has 0 saturated heterocycles. The van der Waals surface area contributed by atoms with Crippen LogP contribution in [0, 0.1) is 12.7 Å². The van der Waals surface area contributed by atoms with Crippen LogP contribution in [0.1, 0.15) is 5.56 Å². The predicted octanol–water partition coefficient (Wildman–Crippen LogP) is 4.36. The highest BCUT2D eigenvalue weighted by molar-refractivity contribution is 6.42. The summed E-state index contributed by atoms with van der Waals surface area (Å²) in [5.74, 6) is -0.0506. The van der Waals surface area contributed by atoms with Gasteiger partial charge >= 0.3 is 0 Å². The van der Waals surface area contributed by atoms with Gasteiger partial charge in [-0.05, 0) is 36.8 Å². The molecule has 0 unspecified atom stereocenters. The number of aryl methyl sites for hydroxylation is 1. The van der Waals surface area contributed by atoms with E-state index in [4.69, 9.17) is 28.9 Å². The number of rotatable bonds is 1. The Hall–Kier alpha value is -1.78. The number of imidazole rings is 1. The third-order valence-electron chi connectivity index (χ3n) is 3.14. The highest BCUT2D eigenvalue weighted by Gasteiger charge is 2.13. The topological polar surface area (TPSA) is 43.8 Å². The smallest absolute Gasteiger partial charge is 0.205 e. The maximum atomic E-state index is 13.7.